The zero-order valence-electron chi connectivity index (χ0n) is 13.3. The predicted octanol–water partition coefficient (Wildman–Crippen LogP) is 4.35. The molecule has 0 unspecified atom stereocenters. The molecular formula is C16H21ClN2O2S2. The summed E-state index contributed by atoms with van der Waals surface area (Å²) in [6, 6.07) is 6.29. The van der Waals surface area contributed by atoms with Crippen molar-refractivity contribution in [3.05, 3.63) is 45.4 Å². The van der Waals surface area contributed by atoms with Gasteiger partial charge in [0, 0.05) is 16.9 Å². The zero-order valence-corrected chi connectivity index (χ0v) is 15.7. The third kappa shape index (κ3) is 4.76. The van der Waals surface area contributed by atoms with Gasteiger partial charge in [0.05, 0.1) is 22.1 Å². The minimum Gasteiger partial charge on any atom is -0.245 e. The summed E-state index contributed by atoms with van der Waals surface area (Å²) in [6.07, 6.45) is 2.72. The Morgan fingerprint density at radius 2 is 1.87 bits per heavy atom. The highest BCUT2D eigenvalue weighted by atomic mass is 35.5. The van der Waals surface area contributed by atoms with Gasteiger partial charge in [-0.15, -0.1) is 11.3 Å². The lowest BCUT2D eigenvalue weighted by atomic mass is 10.3. The lowest BCUT2D eigenvalue weighted by Crippen LogP contribution is -2.31. The summed E-state index contributed by atoms with van der Waals surface area (Å²) in [5.74, 6) is 0. The number of aryl methyl sites for hydroxylation is 1. The van der Waals surface area contributed by atoms with Crippen molar-refractivity contribution in [2.24, 2.45) is 0 Å². The molecule has 2 rings (SSSR count). The number of sulfonamides is 1. The highest BCUT2D eigenvalue weighted by Gasteiger charge is 2.24. The molecule has 4 nitrogen and oxygen atoms in total. The van der Waals surface area contributed by atoms with Crippen molar-refractivity contribution in [3.8, 4) is 0 Å². The molecule has 0 N–H and O–H groups in total. The monoisotopic (exact) mass is 372 g/mol. The molecule has 0 aliphatic rings. The second-order valence-electron chi connectivity index (χ2n) is 5.28. The maximum atomic E-state index is 12.8. The highest BCUT2D eigenvalue weighted by Crippen LogP contribution is 2.22. The minimum atomic E-state index is -3.54. The van der Waals surface area contributed by atoms with Gasteiger partial charge in [0.1, 0.15) is 0 Å². The van der Waals surface area contributed by atoms with E-state index >= 15 is 0 Å². The van der Waals surface area contributed by atoms with Crippen LogP contribution in [0.1, 0.15) is 37.4 Å². The molecule has 23 heavy (non-hydrogen) atoms. The molecule has 0 atom stereocenters. The summed E-state index contributed by atoms with van der Waals surface area (Å²) >= 11 is 7.44. The fraction of sp³-hybridized carbons (Fsp3) is 0.438. The van der Waals surface area contributed by atoms with Crippen LogP contribution in [-0.4, -0.2) is 24.3 Å². The van der Waals surface area contributed by atoms with E-state index < -0.39 is 10.0 Å². The van der Waals surface area contributed by atoms with E-state index in [1.807, 2.05) is 12.3 Å². The molecule has 1 aromatic carbocycles. The maximum Gasteiger partial charge on any atom is 0.243 e. The van der Waals surface area contributed by atoms with Gasteiger partial charge in [0.2, 0.25) is 10.0 Å². The van der Waals surface area contributed by atoms with Gasteiger partial charge in [-0.05, 0) is 43.5 Å². The highest BCUT2D eigenvalue weighted by molar-refractivity contribution is 7.89. The van der Waals surface area contributed by atoms with E-state index in [0.29, 0.717) is 18.1 Å². The Morgan fingerprint density at radius 1 is 1.17 bits per heavy atom. The molecule has 0 fully saturated rings. The van der Waals surface area contributed by atoms with Crippen molar-refractivity contribution in [2.75, 3.05) is 6.54 Å². The molecule has 126 valence electrons. The third-order valence-corrected chi connectivity index (χ3v) is 6.39. The van der Waals surface area contributed by atoms with E-state index in [1.165, 1.54) is 4.31 Å². The third-order valence-electron chi connectivity index (χ3n) is 3.33. The number of aromatic nitrogens is 1. The van der Waals surface area contributed by atoms with Gasteiger partial charge in [-0.1, -0.05) is 25.4 Å². The second kappa shape index (κ2) is 8.24. The Hall–Kier alpha value is -0.950. The van der Waals surface area contributed by atoms with Gasteiger partial charge >= 0.3 is 0 Å². The molecule has 7 heteroatoms. The van der Waals surface area contributed by atoms with Crippen LogP contribution in [0.15, 0.2) is 34.5 Å². The number of thiazole rings is 1. The fourth-order valence-corrected chi connectivity index (χ4v) is 4.74. The van der Waals surface area contributed by atoms with Crippen molar-refractivity contribution in [3.63, 3.8) is 0 Å². The van der Waals surface area contributed by atoms with Crippen LogP contribution in [0.5, 0.6) is 0 Å². The SMILES string of the molecule is CCCc1nc(CN(CCC)S(=O)(=O)c2ccc(Cl)cc2)cs1. The Labute approximate surface area is 147 Å². The van der Waals surface area contributed by atoms with Crippen molar-refractivity contribution < 1.29 is 8.42 Å². The first-order valence-corrected chi connectivity index (χ1v) is 10.4. The number of halogens is 1. The first-order chi connectivity index (χ1) is 11.0. The molecule has 0 amide bonds. The maximum absolute atomic E-state index is 12.8. The Kier molecular flexibility index (Phi) is 6.59. The Balaban J connectivity index is 2.23. The van der Waals surface area contributed by atoms with E-state index in [9.17, 15) is 8.42 Å². The molecule has 1 aromatic heterocycles. The average molecular weight is 373 g/mol. The van der Waals surface area contributed by atoms with E-state index in [-0.39, 0.29) is 4.90 Å². The van der Waals surface area contributed by atoms with Crippen LogP contribution in [0.3, 0.4) is 0 Å². The molecule has 0 aliphatic carbocycles. The molecule has 0 saturated heterocycles. The molecular weight excluding hydrogens is 352 g/mol. The summed E-state index contributed by atoms with van der Waals surface area (Å²) in [5.41, 5.74) is 0.810. The van der Waals surface area contributed by atoms with E-state index in [4.69, 9.17) is 11.6 Å². The second-order valence-corrected chi connectivity index (χ2v) is 8.59. The molecule has 2 aromatic rings. The van der Waals surface area contributed by atoms with Gasteiger partial charge < -0.3 is 0 Å². The van der Waals surface area contributed by atoms with Crippen LogP contribution in [0.4, 0.5) is 0 Å². The van der Waals surface area contributed by atoms with Gasteiger partial charge in [-0.3, -0.25) is 0 Å². The first-order valence-electron chi connectivity index (χ1n) is 7.66. The summed E-state index contributed by atoms with van der Waals surface area (Å²) in [5, 5.41) is 3.53. The van der Waals surface area contributed by atoms with Crippen LogP contribution in [-0.2, 0) is 23.0 Å². The predicted molar refractivity (Wildman–Crippen MR) is 95.4 cm³/mol. The molecule has 0 bridgehead atoms. The minimum absolute atomic E-state index is 0.263. The average Bonchev–Trinajstić information content (AvgIpc) is 2.95. The van der Waals surface area contributed by atoms with Crippen LogP contribution >= 0.6 is 22.9 Å². The van der Waals surface area contributed by atoms with Gasteiger partial charge in [-0.2, -0.15) is 4.31 Å². The van der Waals surface area contributed by atoms with Crippen LogP contribution in [0, 0.1) is 0 Å². The number of nitrogens with zero attached hydrogens (tertiary/aromatic N) is 2. The topological polar surface area (TPSA) is 50.3 Å². The standard InChI is InChI=1S/C16H21ClN2O2S2/c1-3-5-16-18-14(12-22-16)11-19(10-4-2)23(20,21)15-8-6-13(17)7-9-15/h6-9,12H,3-5,10-11H2,1-2H3. The van der Waals surface area contributed by atoms with E-state index in [1.54, 1.807) is 35.6 Å². The van der Waals surface area contributed by atoms with Crippen LogP contribution in [0.25, 0.3) is 0 Å². The summed E-state index contributed by atoms with van der Waals surface area (Å²) in [7, 11) is -3.54. The molecule has 1 heterocycles. The Morgan fingerprint density at radius 3 is 2.48 bits per heavy atom. The summed E-state index contributed by atoms with van der Waals surface area (Å²) in [6.45, 7) is 4.84. The van der Waals surface area contributed by atoms with Crippen molar-refractivity contribution in [1.29, 1.82) is 0 Å². The number of hydrogen-bond acceptors (Lipinski definition) is 4. The van der Waals surface area contributed by atoms with Crippen molar-refractivity contribution >= 4 is 33.0 Å². The smallest absolute Gasteiger partial charge is 0.243 e. The lowest BCUT2D eigenvalue weighted by molar-refractivity contribution is 0.402. The molecule has 0 spiro atoms. The van der Waals surface area contributed by atoms with E-state index in [0.717, 1.165) is 30.0 Å². The van der Waals surface area contributed by atoms with Crippen molar-refractivity contribution in [1.82, 2.24) is 9.29 Å². The van der Waals surface area contributed by atoms with E-state index in [2.05, 4.69) is 11.9 Å². The van der Waals surface area contributed by atoms with Gasteiger partial charge in [0.25, 0.3) is 0 Å². The number of rotatable bonds is 8. The number of benzene rings is 1. The summed E-state index contributed by atoms with van der Waals surface area (Å²) < 4.78 is 27.1. The molecule has 0 radical (unpaired) electrons. The lowest BCUT2D eigenvalue weighted by Gasteiger charge is -2.20. The normalized spacial score (nSPS) is 12.0. The Bertz CT molecular complexity index is 727. The summed E-state index contributed by atoms with van der Waals surface area (Å²) in [4.78, 5) is 4.80. The number of hydrogen-bond donors (Lipinski definition) is 0. The molecule has 0 aliphatic heterocycles. The molecule has 0 saturated carbocycles. The quantitative estimate of drug-likeness (QED) is 0.692. The largest absolute Gasteiger partial charge is 0.245 e. The fourth-order valence-electron chi connectivity index (χ4n) is 2.22. The van der Waals surface area contributed by atoms with Crippen molar-refractivity contribution in [2.45, 2.75) is 44.6 Å². The zero-order chi connectivity index (χ0) is 16.9. The van der Waals surface area contributed by atoms with Crippen LogP contribution < -0.4 is 0 Å². The first kappa shape index (κ1) is 18.4. The van der Waals surface area contributed by atoms with Gasteiger partial charge in [0.15, 0.2) is 0 Å². The van der Waals surface area contributed by atoms with Crippen LogP contribution in [0.2, 0.25) is 5.02 Å². The van der Waals surface area contributed by atoms with Gasteiger partial charge in [-0.25, -0.2) is 13.4 Å².